The van der Waals surface area contributed by atoms with Crippen LogP contribution in [0.25, 0.3) is 10.9 Å². The number of hydrogen-bond acceptors (Lipinski definition) is 3. The van der Waals surface area contributed by atoms with E-state index in [9.17, 15) is 4.79 Å². The number of fused-ring (bicyclic) bond motifs is 1. The molecule has 0 saturated carbocycles. The van der Waals surface area contributed by atoms with E-state index in [-0.39, 0.29) is 11.9 Å². The lowest BCUT2D eigenvalue weighted by atomic mass is 9.97. The van der Waals surface area contributed by atoms with E-state index in [0.717, 1.165) is 59.3 Å². The SMILES string of the molecule is C#Cc1ccccc1CCC(NSc1cccc2[nH]ccc12)C(=O)N1CCC(C)CC1. The summed E-state index contributed by atoms with van der Waals surface area (Å²) in [6.07, 6.45) is 11.3. The van der Waals surface area contributed by atoms with Crippen molar-refractivity contribution in [1.29, 1.82) is 0 Å². The molecular weight excluding hydrogens is 402 g/mol. The zero-order valence-corrected chi connectivity index (χ0v) is 18.8. The standard InChI is InChI=1S/C26H29N3OS/c1-3-20-7-4-5-8-21(20)11-12-24(26(30)29-17-14-19(2)15-18-29)28-31-25-10-6-9-23-22(25)13-16-27-23/h1,4-10,13,16,19,24,27-28H,11-12,14-15,17-18H2,2H3. The van der Waals surface area contributed by atoms with Gasteiger partial charge in [-0.3, -0.25) is 4.79 Å². The second-order valence-electron chi connectivity index (χ2n) is 8.32. The van der Waals surface area contributed by atoms with E-state index in [0.29, 0.717) is 12.3 Å². The third-order valence-corrected chi connectivity index (χ3v) is 7.11. The van der Waals surface area contributed by atoms with Crippen molar-refractivity contribution in [3.05, 3.63) is 65.9 Å². The minimum Gasteiger partial charge on any atom is -0.361 e. The minimum absolute atomic E-state index is 0.193. The third-order valence-electron chi connectivity index (χ3n) is 6.13. The van der Waals surface area contributed by atoms with Crippen molar-refractivity contribution < 1.29 is 4.79 Å². The molecule has 1 saturated heterocycles. The Kier molecular flexibility index (Phi) is 7.01. The van der Waals surface area contributed by atoms with Crippen LogP contribution in [0.4, 0.5) is 0 Å². The maximum atomic E-state index is 13.4. The van der Waals surface area contributed by atoms with Gasteiger partial charge in [-0.15, -0.1) is 6.42 Å². The van der Waals surface area contributed by atoms with Gasteiger partial charge >= 0.3 is 0 Å². The summed E-state index contributed by atoms with van der Waals surface area (Å²) in [5.41, 5.74) is 3.13. The lowest BCUT2D eigenvalue weighted by molar-refractivity contribution is -0.134. The van der Waals surface area contributed by atoms with E-state index in [1.165, 1.54) is 0 Å². The normalized spacial score (nSPS) is 15.7. The molecule has 0 aliphatic carbocycles. The molecule has 2 N–H and O–H groups in total. The van der Waals surface area contributed by atoms with Crippen molar-refractivity contribution in [3.8, 4) is 12.3 Å². The van der Waals surface area contributed by atoms with Crippen LogP contribution in [0, 0.1) is 18.3 Å². The number of likely N-dealkylation sites (tertiary alicyclic amines) is 1. The van der Waals surface area contributed by atoms with Crippen LogP contribution in [-0.2, 0) is 11.2 Å². The second kappa shape index (κ2) is 10.1. The quantitative estimate of drug-likeness (QED) is 0.409. The van der Waals surface area contributed by atoms with Crippen LogP contribution in [0.5, 0.6) is 0 Å². The molecule has 3 aromatic rings. The lowest BCUT2D eigenvalue weighted by Gasteiger charge is -2.33. The average molecular weight is 432 g/mol. The van der Waals surface area contributed by atoms with Crippen LogP contribution in [-0.4, -0.2) is 34.9 Å². The molecule has 5 heteroatoms. The number of H-pyrrole nitrogens is 1. The number of rotatable bonds is 7. The summed E-state index contributed by atoms with van der Waals surface area (Å²) < 4.78 is 3.49. The van der Waals surface area contributed by atoms with Crippen molar-refractivity contribution in [2.45, 2.75) is 43.5 Å². The number of aromatic amines is 1. The Morgan fingerprint density at radius 1 is 1.23 bits per heavy atom. The van der Waals surface area contributed by atoms with E-state index in [1.54, 1.807) is 11.9 Å². The molecule has 1 fully saturated rings. The maximum Gasteiger partial charge on any atom is 0.240 e. The van der Waals surface area contributed by atoms with Crippen LogP contribution in [0.3, 0.4) is 0 Å². The first-order valence-corrected chi connectivity index (χ1v) is 11.8. The molecule has 1 amide bonds. The van der Waals surface area contributed by atoms with Gasteiger partial charge in [0.2, 0.25) is 5.91 Å². The number of amides is 1. The molecule has 31 heavy (non-hydrogen) atoms. The molecule has 0 spiro atoms. The summed E-state index contributed by atoms with van der Waals surface area (Å²) in [5, 5.41) is 1.16. The van der Waals surface area contributed by atoms with E-state index >= 15 is 0 Å². The Morgan fingerprint density at radius 2 is 2.03 bits per heavy atom. The number of carbonyl (C=O) groups excluding carboxylic acids is 1. The molecule has 2 heterocycles. The predicted octanol–water partition coefficient (Wildman–Crippen LogP) is 5.01. The number of nitrogens with zero attached hydrogens (tertiary/aromatic N) is 1. The van der Waals surface area contributed by atoms with E-state index < -0.39 is 0 Å². The predicted molar refractivity (Wildman–Crippen MR) is 129 cm³/mol. The molecule has 4 rings (SSSR count). The lowest BCUT2D eigenvalue weighted by Crippen LogP contribution is -2.47. The van der Waals surface area contributed by atoms with Crippen LogP contribution >= 0.6 is 11.9 Å². The highest BCUT2D eigenvalue weighted by Crippen LogP contribution is 2.27. The number of nitrogens with one attached hydrogen (secondary N) is 2. The molecule has 2 aromatic carbocycles. The Balaban J connectivity index is 1.49. The Labute approximate surface area is 188 Å². The Bertz CT molecular complexity index is 1080. The fraction of sp³-hybridized carbons (Fsp3) is 0.346. The summed E-state index contributed by atoms with van der Waals surface area (Å²) >= 11 is 1.54. The van der Waals surface area contributed by atoms with Crippen molar-refractivity contribution in [1.82, 2.24) is 14.6 Å². The number of hydrogen-bond donors (Lipinski definition) is 2. The third kappa shape index (κ3) is 5.15. The minimum atomic E-state index is -0.265. The number of benzene rings is 2. The first-order valence-electron chi connectivity index (χ1n) is 11.0. The molecule has 1 atom stereocenters. The van der Waals surface area contributed by atoms with E-state index in [2.05, 4.69) is 46.8 Å². The molecule has 0 radical (unpaired) electrons. The highest BCUT2D eigenvalue weighted by Gasteiger charge is 2.27. The molecule has 4 nitrogen and oxygen atoms in total. The van der Waals surface area contributed by atoms with Crippen molar-refractivity contribution >= 4 is 28.8 Å². The summed E-state index contributed by atoms with van der Waals surface area (Å²) in [5.74, 6) is 3.65. The van der Waals surface area contributed by atoms with Gasteiger partial charge in [-0.2, -0.15) is 0 Å². The maximum absolute atomic E-state index is 13.4. The molecule has 1 aliphatic rings. The van der Waals surface area contributed by atoms with Gasteiger partial charge in [-0.05, 0) is 73.4 Å². The van der Waals surface area contributed by atoms with E-state index in [1.807, 2.05) is 35.4 Å². The number of carbonyl (C=O) groups is 1. The summed E-state index contributed by atoms with van der Waals surface area (Å²) in [6.45, 7) is 3.95. The summed E-state index contributed by atoms with van der Waals surface area (Å²) in [7, 11) is 0. The van der Waals surface area contributed by atoms with Gasteiger partial charge in [0.15, 0.2) is 0 Å². The fourth-order valence-electron chi connectivity index (χ4n) is 4.14. The molecule has 1 aromatic heterocycles. The first kappa shape index (κ1) is 21.5. The first-order chi connectivity index (χ1) is 15.2. The van der Waals surface area contributed by atoms with Gasteiger partial charge in [0.05, 0.1) is 6.04 Å². The molecule has 1 unspecified atom stereocenters. The monoisotopic (exact) mass is 431 g/mol. The van der Waals surface area contributed by atoms with Crippen LogP contribution < -0.4 is 4.72 Å². The smallest absolute Gasteiger partial charge is 0.240 e. The summed E-state index contributed by atoms with van der Waals surface area (Å²) in [6, 6.07) is 16.0. The van der Waals surface area contributed by atoms with Crippen molar-refractivity contribution in [2.24, 2.45) is 5.92 Å². The van der Waals surface area contributed by atoms with Crippen molar-refractivity contribution in [2.75, 3.05) is 13.1 Å². The van der Waals surface area contributed by atoms with Gasteiger partial charge < -0.3 is 9.88 Å². The zero-order chi connectivity index (χ0) is 21.6. The molecule has 0 bridgehead atoms. The number of piperidine rings is 1. The van der Waals surface area contributed by atoms with E-state index in [4.69, 9.17) is 6.42 Å². The summed E-state index contributed by atoms with van der Waals surface area (Å²) in [4.78, 5) is 19.8. The number of aryl methyl sites for hydroxylation is 1. The molecule has 160 valence electrons. The number of aromatic nitrogens is 1. The largest absolute Gasteiger partial charge is 0.361 e. The second-order valence-corrected chi connectivity index (χ2v) is 9.20. The average Bonchev–Trinajstić information content (AvgIpc) is 3.29. The Hall–Kier alpha value is -2.68. The highest BCUT2D eigenvalue weighted by atomic mass is 32.2. The topological polar surface area (TPSA) is 48.1 Å². The molecule has 1 aliphatic heterocycles. The highest BCUT2D eigenvalue weighted by molar-refractivity contribution is 7.97. The van der Waals surface area contributed by atoms with Crippen molar-refractivity contribution in [3.63, 3.8) is 0 Å². The van der Waals surface area contributed by atoms with Crippen LogP contribution in [0.15, 0.2) is 59.6 Å². The van der Waals surface area contributed by atoms with Crippen LogP contribution in [0.2, 0.25) is 0 Å². The molecular formula is C26H29N3OS. The van der Waals surface area contributed by atoms with Gasteiger partial charge in [0, 0.05) is 40.6 Å². The zero-order valence-electron chi connectivity index (χ0n) is 17.9. The Morgan fingerprint density at radius 3 is 2.84 bits per heavy atom. The van der Waals surface area contributed by atoms with Gasteiger partial charge in [0.1, 0.15) is 0 Å². The van der Waals surface area contributed by atoms with Gasteiger partial charge in [-0.25, -0.2) is 4.72 Å². The van der Waals surface area contributed by atoms with Gasteiger partial charge in [0.25, 0.3) is 0 Å². The number of terminal acetylenes is 1. The fourth-order valence-corrected chi connectivity index (χ4v) is 5.06. The van der Waals surface area contributed by atoms with Gasteiger partial charge in [-0.1, -0.05) is 37.1 Å². The van der Waals surface area contributed by atoms with Crippen LogP contribution in [0.1, 0.15) is 37.3 Å².